The van der Waals surface area contributed by atoms with Crippen molar-refractivity contribution in [2.24, 2.45) is 0 Å². The summed E-state index contributed by atoms with van der Waals surface area (Å²) in [6.07, 6.45) is 2.58. The van der Waals surface area contributed by atoms with Crippen molar-refractivity contribution in [3.05, 3.63) is 0 Å². The number of hydrogen-bond donors (Lipinski definition) is 2. The Hall–Kier alpha value is -0.120. The Morgan fingerprint density at radius 2 is 1.54 bits per heavy atom. The van der Waals surface area contributed by atoms with Crippen LogP contribution >= 0.6 is 0 Å². The minimum atomic E-state index is -1.10. The van der Waals surface area contributed by atoms with Crippen molar-refractivity contribution >= 4 is 0 Å². The highest BCUT2D eigenvalue weighted by Gasteiger charge is 1.93. The molecule has 3 nitrogen and oxygen atoms in total. The molecule has 0 amide bonds. The van der Waals surface area contributed by atoms with Gasteiger partial charge in [-0.15, -0.1) is 0 Å². The van der Waals surface area contributed by atoms with E-state index in [0.717, 1.165) is 32.5 Å². The van der Waals surface area contributed by atoms with Crippen LogP contribution in [0.3, 0.4) is 0 Å². The number of aliphatic hydroxyl groups is 2. The SMILES string of the molecule is CCCCCC(O)O.CCOCC. The molecule has 0 aliphatic heterocycles. The molecule has 0 aromatic heterocycles. The number of ether oxygens (including phenoxy) is 1. The van der Waals surface area contributed by atoms with E-state index in [1.54, 1.807) is 0 Å². The molecule has 0 aliphatic carbocycles. The normalized spacial score (nSPS) is 9.69. The monoisotopic (exact) mass is 192 g/mol. The number of rotatable bonds is 6. The Kier molecular flexibility index (Phi) is 17.0. The van der Waals surface area contributed by atoms with Crippen LogP contribution in [0.4, 0.5) is 0 Å². The van der Waals surface area contributed by atoms with Gasteiger partial charge in [0.1, 0.15) is 0 Å². The highest BCUT2D eigenvalue weighted by Crippen LogP contribution is 1.99. The van der Waals surface area contributed by atoms with Gasteiger partial charge in [-0.05, 0) is 26.7 Å². The van der Waals surface area contributed by atoms with Crippen LogP contribution in [-0.2, 0) is 4.74 Å². The van der Waals surface area contributed by atoms with Crippen molar-refractivity contribution < 1.29 is 14.9 Å². The molecular formula is C10H24O3. The van der Waals surface area contributed by atoms with Gasteiger partial charge in [0.15, 0.2) is 6.29 Å². The predicted octanol–water partition coefficient (Wildman–Crippen LogP) is 1.92. The molecule has 2 N–H and O–H groups in total. The van der Waals surface area contributed by atoms with Gasteiger partial charge in [-0.3, -0.25) is 0 Å². The van der Waals surface area contributed by atoms with E-state index in [1.165, 1.54) is 0 Å². The van der Waals surface area contributed by atoms with Gasteiger partial charge in [0.25, 0.3) is 0 Å². The second-order valence-electron chi connectivity index (χ2n) is 2.76. The maximum Gasteiger partial charge on any atom is 0.151 e. The van der Waals surface area contributed by atoms with Crippen LogP contribution in [-0.4, -0.2) is 29.7 Å². The van der Waals surface area contributed by atoms with Crippen LogP contribution in [0.1, 0.15) is 46.5 Å². The molecule has 0 radical (unpaired) electrons. The quantitative estimate of drug-likeness (QED) is 0.499. The Balaban J connectivity index is 0. The summed E-state index contributed by atoms with van der Waals surface area (Å²) in [5.41, 5.74) is 0. The summed E-state index contributed by atoms with van der Waals surface area (Å²) in [4.78, 5) is 0. The topological polar surface area (TPSA) is 49.7 Å². The molecule has 0 aromatic rings. The van der Waals surface area contributed by atoms with Crippen molar-refractivity contribution in [1.82, 2.24) is 0 Å². The smallest absolute Gasteiger partial charge is 0.151 e. The number of unbranched alkanes of at least 4 members (excludes halogenated alkanes) is 2. The standard InChI is InChI=1S/C6H14O2.C4H10O/c1-2-3-4-5-6(7)8;1-3-5-4-2/h6-8H,2-5H2,1H3;3-4H2,1-2H3. The van der Waals surface area contributed by atoms with Crippen molar-refractivity contribution in [1.29, 1.82) is 0 Å². The zero-order chi connectivity index (χ0) is 10.5. The van der Waals surface area contributed by atoms with E-state index < -0.39 is 6.29 Å². The summed E-state index contributed by atoms with van der Waals surface area (Å²) < 4.78 is 4.83. The Morgan fingerprint density at radius 1 is 1.00 bits per heavy atom. The molecule has 0 spiro atoms. The first-order valence-corrected chi connectivity index (χ1v) is 5.12. The van der Waals surface area contributed by atoms with Gasteiger partial charge < -0.3 is 14.9 Å². The first kappa shape index (κ1) is 15.4. The Bertz CT molecular complexity index is 72.6. The maximum absolute atomic E-state index is 8.33. The lowest BCUT2D eigenvalue weighted by Crippen LogP contribution is -2.02. The van der Waals surface area contributed by atoms with E-state index in [-0.39, 0.29) is 0 Å². The molecule has 13 heavy (non-hydrogen) atoms. The average molecular weight is 192 g/mol. The van der Waals surface area contributed by atoms with Gasteiger partial charge in [-0.2, -0.15) is 0 Å². The minimum Gasteiger partial charge on any atom is -0.382 e. The molecule has 0 aromatic carbocycles. The molecule has 0 bridgehead atoms. The zero-order valence-corrected chi connectivity index (χ0v) is 9.12. The third kappa shape index (κ3) is 24.5. The molecule has 0 aliphatic rings. The second-order valence-corrected chi connectivity index (χ2v) is 2.76. The highest BCUT2D eigenvalue weighted by atomic mass is 16.5. The third-order valence-corrected chi connectivity index (χ3v) is 1.47. The average Bonchev–Trinajstić information content (AvgIpc) is 2.07. The van der Waals surface area contributed by atoms with Crippen LogP contribution in [0.5, 0.6) is 0 Å². The second kappa shape index (κ2) is 14.4. The van der Waals surface area contributed by atoms with Crippen LogP contribution in [0.15, 0.2) is 0 Å². The fraction of sp³-hybridized carbons (Fsp3) is 1.00. The summed E-state index contributed by atoms with van der Waals surface area (Å²) in [5, 5.41) is 16.7. The largest absolute Gasteiger partial charge is 0.382 e. The minimum absolute atomic E-state index is 0.522. The van der Waals surface area contributed by atoms with Gasteiger partial charge in [-0.25, -0.2) is 0 Å². The molecule has 0 saturated carbocycles. The van der Waals surface area contributed by atoms with Crippen molar-refractivity contribution in [2.45, 2.75) is 52.7 Å². The first-order valence-electron chi connectivity index (χ1n) is 5.12. The number of aliphatic hydroxyl groups excluding tert-OH is 1. The number of hydrogen-bond acceptors (Lipinski definition) is 3. The van der Waals surface area contributed by atoms with Crippen molar-refractivity contribution in [3.8, 4) is 0 Å². The maximum atomic E-state index is 8.33. The first-order chi connectivity index (χ1) is 6.18. The molecule has 0 saturated heterocycles. The van der Waals surface area contributed by atoms with Gasteiger partial charge >= 0.3 is 0 Å². The van der Waals surface area contributed by atoms with Crippen LogP contribution in [0.25, 0.3) is 0 Å². The van der Waals surface area contributed by atoms with Crippen LogP contribution < -0.4 is 0 Å². The molecule has 0 heterocycles. The van der Waals surface area contributed by atoms with Gasteiger partial charge in [0, 0.05) is 13.2 Å². The van der Waals surface area contributed by atoms with Gasteiger partial charge in [0.2, 0.25) is 0 Å². The van der Waals surface area contributed by atoms with E-state index in [9.17, 15) is 0 Å². The molecule has 0 rings (SSSR count). The summed E-state index contributed by atoms with van der Waals surface area (Å²) in [5.74, 6) is 0. The molecule has 0 fully saturated rings. The fourth-order valence-electron chi connectivity index (χ4n) is 0.781. The molecule has 82 valence electrons. The fourth-order valence-corrected chi connectivity index (χ4v) is 0.781. The van der Waals surface area contributed by atoms with E-state index >= 15 is 0 Å². The van der Waals surface area contributed by atoms with Gasteiger partial charge in [-0.1, -0.05) is 19.8 Å². The Labute approximate surface area is 81.7 Å². The summed E-state index contributed by atoms with van der Waals surface area (Å²) >= 11 is 0. The molecule has 0 atom stereocenters. The summed E-state index contributed by atoms with van der Waals surface area (Å²) in [6, 6.07) is 0. The third-order valence-electron chi connectivity index (χ3n) is 1.47. The van der Waals surface area contributed by atoms with Crippen molar-refractivity contribution in [2.75, 3.05) is 13.2 Å². The van der Waals surface area contributed by atoms with Gasteiger partial charge in [0.05, 0.1) is 0 Å². The van der Waals surface area contributed by atoms with Crippen LogP contribution in [0, 0.1) is 0 Å². The lowest BCUT2D eigenvalue weighted by molar-refractivity contribution is -0.0465. The summed E-state index contributed by atoms with van der Waals surface area (Å²) in [6.45, 7) is 7.75. The van der Waals surface area contributed by atoms with E-state index in [1.807, 2.05) is 13.8 Å². The summed E-state index contributed by atoms with van der Waals surface area (Å²) in [7, 11) is 0. The molecular weight excluding hydrogens is 168 g/mol. The predicted molar refractivity (Wildman–Crippen MR) is 54.5 cm³/mol. The Morgan fingerprint density at radius 3 is 1.77 bits per heavy atom. The highest BCUT2D eigenvalue weighted by molar-refractivity contribution is 4.40. The molecule has 0 unspecified atom stereocenters. The lowest BCUT2D eigenvalue weighted by Gasteiger charge is -1.99. The van der Waals surface area contributed by atoms with E-state index in [4.69, 9.17) is 14.9 Å². The van der Waals surface area contributed by atoms with Crippen LogP contribution in [0.2, 0.25) is 0 Å². The van der Waals surface area contributed by atoms with E-state index in [2.05, 4.69) is 6.92 Å². The van der Waals surface area contributed by atoms with Crippen molar-refractivity contribution in [3.63, 3.8) is 0 Å². The zero-order valence-electron chi connectivity index (χ0n) is 9.12. The van der Waals surface area contributed by atoms with E-state index in [0.29, 0.717) is 6.42 Å². The lowest BCUT2D eigenvalue weighted by atomic mass is 10.2. The molecule has 3 heteroatoms.